The van der Waals surface area contributed by atoms with E-state index in [9.17, 15) is 0 Å². The molecule has 0 fully saturated rings. The van der Waals surface area contributed by atoms with Gasteiger partial charge in [-0.1, -0.05) is 49.2 Å². The maximum absolute atomic E-state index is 3.51. The Morgan fingerprint density at radius 1 is 0.944 bits per heavy atom. The average Bonchev–Trinajstić information content (AvgIpc) is 2.40. The maximum Gasteiger partial charge on any atom is 0.0416 e. The monoisotopic (exact) mass is 239 g/mol. The lowest BCUT2D eigenvalue weighted by Crippen LogP contribution is -1.96. The summed E-state index contributed by atoms with van der Waals surface area (Å²) in [5, 5.41) is 3.51. The van der Waals surface area contributed by atoms with Crippen LogP contribution in [0.1, 0.15) is 30.9 Å². The van der Waals surface area contributed by atoms with E-state index in [4.69, 9.17) is 0 Å². The van der Waals surface area contributed by atoms with Crippen molar-refractivity contribution in [1.82, 2.24) is 0 Å². The summed E-state index contributed by atoms with van der Waals surface area (Å²) in [7, 11) is 0. The van der Waals surface area contributed by atoms with E-state index in [0.717, 1.165) is 12.1 Å². The highest BCUT2D eigenvalue weighted by molar-refractivity contribution is 5.63. The van der Waals surface area contributed by atoms with Crippen LogP contribution in [0, 0.1) is 6.92 Å². The van der Waals surface area contributed by atoms with Crippen LogP contribution in [0.4, 0.5) is 11.4 Å². The van der Waals surface area contributed by atoms with Crippen molar-refractivity contribution >= 4 is 11.4 Å². The van der Waals surface area contributed by atoms with Crippen molar-refractivity contribution < 1.29 is 0 Å². The zero-order valence-electron chi connectivity index (χ0n) is 11.2. The molecular weight excluding hydrogens is 218 g/mol. The second-order valence-corrected chi connectivity index (χ2v) is 4.75. The molecule has 0 radical (unpaired) electrons. The zero-order chi connectivity index (χ0) is 12.8. The third-order valence-electron chi connectivity index (χ3n) is 3.15. The fourth-order valence-corrected chi connectivity index (χ4v) is 2.02. The van der Waals surface area contributed by atoms with Crippen LogP contribution in [0.5, 0.6) is 0 Å². The zero-order valence-corrected chi connectivity index (χ0v) is 11.2. The molecule has 0 spiro atoms. The van der Waals surface area contributed by atoms with Gasteiger partial charge in [0.25, 0.3) is 0 Å². The Balaban J connectivity index is 2.15. The Bertz CT molecular complexity index is 485. The van der Waals surface area contributed by atoms with Crippen LogP contribution < -0.4 is 5.32 Å². The lowest BCUT2D eigenvalue weighted by atomic mass is 10.1. The van der Waals surface area contributed by atoms with E-state index in [0.29, 0.717) is 0 Å². The number of unbranched alkanes of at least 4 members (excludes halogenated alkanes) is 1. The molecule has 1 N–H and O–H groups in total. The van der Waals surface area contributed by atoms with E-state index in [-0.39, 0.29) is 0 Å². The predicted molar refractivity (Wildman–Crippen MR) is 79.5 cm³/mol. The fraction of sp³-hybridized carbons (Fsp3) is 0.294. The van der Waals surface area contributed by atoms with Gasteiger partial charge in [-0.2, -0.15) is 0 Å². The molecule has 0 aliphatic rings. The fourth-order valence-electron chi connectivity index (χ4n) is 2.02. The SMILES string of the molecule is CCCCc1ccccc1Nc1ccc(C)cc1. The van der Waals surface area contributed by atoms with Crippen molar-refractivity contribution in [3.05, 3.63) is 59.7 Å². The average molecular weight is 239 g/mol. The molecule has 0 aliphatic heterocycles. The smallest absolute Gasteiger partial charge is 0.0416 e. The summed E-state index contributed by atoms with van der Waals surface area (Å²) in [5.74, 6) is 0. The number of benzene rings is 2. The summed E-state index contributed by atoms with van der Waals surface area (Å²) in [6.45, 7) is 4.34. The number of anilines is 2. The number of nitrogens with one attached hydrogen (secondary N) is 1. The summed E-state index contributed by atoms with van der Waals surface area (Å²) in [4.78, 5) is 0. The lowest BCUT2D eigenvalue weighted by molar-refractivity contribution is 0.796. The van der Waals surface area contributed by atoms with Gasteiger partial charge >= 0.3 is 0 Å². The number of hydrogen-bond donors (Lipinski definition) is 1. The molecule has 0 aromatic heterocycles. The molecule has 0 atom stereocenters. The van der Waals surface area contributed by atoms with E-state index < -0.39 is 0 Å². The highest BCUT2D eigenvalue weighted by atomic mass is 14.9. The summed E-state index contributed by atoms with van der Waals surface area (Å²) >= 11 is 0. The number of aryl methyl sites for hydroxylation is 2. The van der Waals surface area contributed by atoms with Crippen LogP contribution >= 0.6 is 0 Å². The first-order valence-corrected chi connectivity index (χ1v) is 6.71. The lowest BCUT2D eigenvalue weighted by Gasteiger charge is -2.12. The molecular formula is C17H21N. The third kappa shape index (κ3) is 3.36. The first kappa shape index (κ1) is 12.7. The van der Waals surface area contributed by atoms with Crippen LogP contribution in [-0.4, -0.2) is 0 Å². The largest absolute Gasteiger partial charge is 0.355 e. The minimum Gasteiger partial charge on any atom is -0.355 e. The van der Waals surface area contributed by atoms with Gasteiger partial charge in [-0.15, -0.1) is 0 Å². The molecule has 0 saturated carbocycles. The highest BCUT2D eigenvalue weighted by Crippen LogP contribution is 2.22. The standard InChI is InChI=1S/C17H21N/c1-3-4-7-15-8-5-6-9-17(15)18-16-12-10-14(2)11-13-16/h5-6,8-13,18H,3-4,7H2,1-2H3. The second kappa shape index (κ2) is 6.25. The maximum atomic E-state index is 3.51. The minimum absolute atomic E-state index is 1.14. The van der Waals surface area contributed by atoms with Crippen molar-refractivity contribution in [2.75, 3.05) is 5.32 Å². The molecule has 0 bridgehead atoms. The Morgan fingerprint density at radius 2 is 1.67 bits per heavy atom. The molecule has 18 heavy (non-hydrogen) atoms. The summed E-state index contributed by atoms with van der Waals surface area (Å²) < 4.78 is 0. The Kier molecular flexibility index (Phi) is 4.40. The molecule has 0 aliphatic carbocycles. The quantitative estimate of drug-likeness (QED) is 0.767. The van der Waals surface area contributed by atoms with Gasteiger partial charge in [0, 0.05) is 11.4 Å². The Hall–Kier alpha value is -1.76. The second-order valence-electron chi connectivity index (χ2n) is 4.75. The van der Waals surface area contributed by atoms with Gasteiger partial charge in [-0.25, -0.2) is 0 Å². The van der Waals surface area contributed by atoms with Crippen molar-refractivity contribution in [3.63, 3.8) is 0 Å². The summed E-state index contributed by atoms with van der Waals surface area (Å²) in [6.07, 6.45) is 3.62. The molecule has 0 unspecified atom stereocenters. The van der Waals surface area contributed by atoms with Gasteiger partial charge in [0.2, 0.25) is 0 Å². The van der Waals surface area contributed by atoms with Gasteiger partial charge in [0.15, 0.2) is 0 Å². The molecule has 2 aromatic carbocycles. The van der Waals surface area contributed by atoms with Gasteiger partial charge in [0.05, 0.1) is 0 Å². The van der Waals surface area contributed by atoms with E-state index in [1.165, 1.54) is 29.7 Å². The molecule has 94 valence electrons. The minimum atomic E-state index is 1.14. The molecule has 0 saturated heterocycles. The molecule has 1 nitrogen and oxygen atoms in total. The van der Waals surface area contributed by atoms with Crippen LogP contribution in [0.15, 0.2) is 48.5 Å². The number of hydrogen-bond acceptors (Lipinski definition) is 1. The first-order chi connectivity index (χ1) is 8.79. The summed E-state index contributed by atoms with van der Waals surface area (Å²) in [5.41, 5.74) is 5.08. The summed E-state index contributed by atoms with van der Waals surface area (Å²) in [6, 6.07) is 17.1. The molecule has 0 amide bonds. The van der Waals surface area contributed by atoms with Gasteiger partial charge in [-0.05, 0) is 43.5 Å². The topological polar surface area (TPSA) is 12.0 Å². The highest BCUT2D eigenvalue weighted by Gasteiger charge is 2.01. The van der Waals surface area contributed by atoms with Crippen LogP contribution in [0.3, 0.4) is 0 Å². The van der Waals surface area contributed by atoms with E-state index >= 15 is 0 Å². The van der Waals surface area contributed by atoms with Crippen molar-refractivity contribution in [1.29, 1.82) is 0 Å². The molecule has 1 heteroatoms. The number of rotatable bonds is 5. The third-order valence-corrected chi connectivity index (χ3v) is 3.15. The van der Waals surface area contributed by atoms with Crippen LogP contribution in [-0.2, 0) is 6.42 Å². The van der Waals surface area contributed by atoms with Crippen molar-refractivity contribution in [2.24, 2.45) is 0 Å². The molecule has 2 rings (SSSR count). The predicted octanol–water partition coefficient (Wildman–Crippen LogP) is 5.08. The Labute approximate surface area is 110 Å². The van der Waals surface area contributed by atoms with Gasteiger partial charge < -0.3 is 5.32 Å². The van der Waals surface area contributed by atoms with E-state index in [1.54, 1.807) is 0 Å². The van der Waals surface area contributed by atoms with Crippen molar-refractivity contribution in [3.8, 4) is 0 Å². The van der Waals surface area contributed by atoms with Gasteiger partial charge in [0.1, 0.15) is 0 Å². The van der Waals surface area contributed by atoms with Crippen molar-refractivity contribution in [2.45, 2.75) is 33.1 Å². The van der Waals surface area contributed by atoms with E-state index in [1.807, 2.05) is 0 Å². The number of para-hydroxylation sites is 1. The van der Waals surface area contributed by atoms with Crippen LogP contribution in [0.25, 0.3) is 0 Å². The van der Waals surface area contributed by atoms with E-state index in [2.05, 4.69) is 67.7 Å². The molecule has 2 aromatic rings. The first-order valence-electron chi connectivity index (χ1n) is 6.71. The van der Waals surface area contributed by atoms with Gasteiger partial charge in [-0.3, -0.25) is 0 Å². The molecule has 0 heterocycles. The normalized spacial score (nSPS) is 10.3. The van der Waals surface area contributed by atoms with Crippen LogP contribution in [0.2, 0.25) is 0 Å². The Morgan fingerprint density at radius 3 is 2.39 bits per heavy atom.